The lowest BCUT2D eigenvalue weighted by molar-refractivity contribution is 0.0863. The molecule has 0 N–H and O–H groups in total. The van der Waals surface area contributed by atoms with E-state index >= 15 is 0 Å². The summed E-state index contributed by atoms with van der Waals surface area (Å²) in [5.74, 6) is 1.15. The highest BCUT2D eigenvalue weighted by Gasteiger charge is 2.31. The number of fused-ring (bicyclic) bond motifs is 1. The zero-order valence-corrected chi connectivity index (χ0v) is 14.3. The first kappa shape index (κ1) is 15.7. The van der Waals surface area contributed by atoms with Crippen molar-refractivity contribution in [1.82, 2.24) is 24.9 Å². The quantitative estimate of drug-likeness (QED) is 0.780. The highest BCUT2D eigenvalue weighted by molar-refractivity contribution is 5.21. The fourth-order valence-electron chi connectivity index (χ4n) is 3.49. The van der Waals surface area contributed by atoms with Crippen molar-refractivity contribution in [3.8, 4) is 0 Å². The van der Waals surface area contributed by atoms with Gasteiger partial charge < -0.3 is 4.74 Å². The average Bonchev–Trinajstić information content (AvgIpc) is 3.33. The summed E-state index contributed by atoms with van der Waals surface area (Å²) in [4.78, 5) is 6.65. The smallest absolute Gasteiger partial charge is 0.100 e. The van der Waals surface area contributed by atoms with Gasteiger partial charge in [0.25, 0.3) is 0 Å². The topological polar surface area (TPSA) is 56.1 Å². The van der Waals surface area contributed by atoms with Gasteiger partial charge in [0.1, 0.15) is 5.69 Å². The highest BCUT2D eigenvalue weighted by atomic mass is 16.5. The fourth-order valence-corrected chi connectivity index (χ4v) is 3.49. The lowest BCUT2D eigenvalue weighted by atomic mass is 9.98. The highest BCUT2D eigenvalue weighted by Crippen LogP contribution is 2.31. The second-order valence-corrected chi connectivity index (χ2v) is 6.95. The van der Waals surface area contributed by atoms with Gasteiger partial charge in [0.15, 0.2) is 0 Å². The molecule has 0 radical (unpaired) electrons. The molecule has 4 rings (SSSR count). The van der Waals surface area contributed by atoms with Crippen molar-refractivity contribution >= 4 is 0 Å². The minimum absolute atomic E-state index is 0.346. The number of aryl methyl sites for hydroxylation is 1. The Bertz CT molecular complexity index is 667. The molecule has 0 spiro atoms. The molecule has 128 valence electrons. The van der Waals surface area contributed by atoms with Crippen molar-refractivity contribution in [2.45, 2.75) is 45.3 Å². The zero-order valence-electron chi connectivity index (χ0n) is 14.3. The van der Waals surface area contributed by atoms with Crippen LogP contribution in [0.25, 0.3) is 0 Å². The average molecular weight is 327 g/mol. The SMILES string of the molecule is CCn1nnc2c1[C@@H](COCC1CC1)CN(Cc1cccnc1)C2. The summed E-state index contributed by atoms with van der Waals surface area (Å²) in [6, 6.07) is 4.12. The molecule has 0 unspecified atom stereocenters. The van der Waals surface area contributed by atoms with Gasteiger partial charge in [-0.05, 0) is 37.3 Å². The number of aromatic nitrogens is 4. The van der Waals surface area contributed by atoms with Crippen molar-refractivity contribution in [2.75, 3.05) is 19.8 Å². The van der Waals surface area contributed by atoms with E-state index in [0.717, 1.165) is 51.0 Å². The Labute approximate surface area is 142 Å². The van der Waals surface area contributed by atoms with Crippen LogP contribution in [0.5, 0.6) is 0 Å². The summed E-state index contributed by atoms with van der Waals surface area (Å²) >= 11 is 0. The van der Waals surface area contributed by atoms with Crippen LogP contribution in [0, 0.1) is 5.92 Å². The normalized spacial score (nSPS) is 21.0. The Hall–Kier alpha value is -1.79. The third-order valence-electron chi connectivity index (χ3n) is 4.88. The molecule has 24 heavy (non-hydrogen) atoms. The number of hydrogen-bond acceptors (Lipinski definition) is 5. The monoisotopic (exact) mass is 327 g/mol. The van der Waals surface area contributed by atoms with Gasteiger partial charge in [0, 0.05) is 51.1 Å². The van der Waals surface area contributed by atoms with Gasteiger partial charge in [0.2, 0.25) is 0 Å². The summed E-state index contributed by atoms with van der Waals surface area (Å²) < 4.78 is 8.06. The molecule has 6 nitrogen and oxygen atoms in total. The van der Waals surface area contributed by atoms with E-state index in [0.29, 0.717) is 5.92 Å². The van der Waals surface area contributed by atoms with Gasteiger partial charge in [-0.15, -0.1) is 5.10 Å². The molecular formula is C18H25N5O. The Balaban J connectivity index is 1.48. The first-order valence-corrected chi connectivity index (χ1v) is 8.94. The number of nitrogens with zero attached hydrogens (tertiary/aromatic N) is 5. The maximum atomic E-state index is 6.01. The maximum Gasteiger partial charge on any atom is 0.100 e. The first-order valence-electron chi connectivity index (χ1n) is 8.94. The van der Waals surface area contributed by atoms with E-state index < -0.39 is 0 Å². The van der Waals surface area contributed by atoms with E-state index in [4.69, 9.17) is 4.74 Å². The Kier molecular flexibility index (Phi) is 4.58. The van der Waals surface area contributed by atoms with Gasteiger partial charge in [-0.2, -0.15) is 0 Å². The molecule has 1 aliphatic carbocycles. The zero-order chi connectivity index (χ0) is 16.4. The molecule has 1 saturated carbocycles. The summed E-state index contributed by atoms with van der Waals surface area (Å²) in [6.07, 6.45) is 6.42. The summed E-state index contributed by atoms with van der Waals surface area (Å²) in [5.41, 5.74) is 3.62. The van der Waals surface area contributed by atoms with E-state index in [2.05, 4.69) is 33.2 Å². The van der Waals surface area contributed by atoms with Crippen LogP contribution >= 0.6 is 0 Å². The molecule has 0 saturated heterocycles. The van der Waals surface area contributed by atoms with Crippen molar-refractivity contribution in [3.63, 3.8) is 0 Å². The standard InChI is InChI=1S/C18H25N5O/c1-2-23-18-16(13-24-12-14-5-6-14)10-22(11-17(18)20-21-23)9-15-4-3-7-19-8-15/h3-4,7-8,14,16H,2,5-6,9-13H2,1H3/t16-/m1/s1. The molecule has 2 aromatic rings. The van der Waals surface area contributed by atoms with Crippen LogP contribution in [-0.2, 0) is 24.4 Å². The van der Waals surface area contributed by atoms with Crippen molar-refractivity contribution in [2.24, 2.45) is 5.92 Å². The van der Waals surface area contributed by atoms with E-state index in [1.165, 1.54) is 24.1 Å². The van der Waals surface area contributed by atoms with Crippen LogP contribution in [0.4, 0.5) is 0 Å². The number of hydrogen-bond donors (Lipinski definition) is 0. The van der Waals surface area contributed by atoms with E-state index in [1.54, 1.807) is 0 Å². The molecule has 1 atom stereocenters. The summed E-state index contributed by atoms with van der Waals surface area (Å²) in [6.45, 7) is 7.39. The molecule has 2 aromatic heterocycles. The summed E-state index contributed by atoms with van der Waals surface area (Å²) in [5, 5.41) is 8.76. The molecule has 2 aliphatic rings. The van der Waals surface area contributed by atoms with E-state index in [-0.39, 0.29) is 0 Å². The van der Waals surface area contributed by atoms with Gasteiger partial charge in [-0.1, -0.05) is 11.3 Å². The fraction of sp³-hybridized carbons (Fsp3) is 0.611. The molecule has 1 fully saturated rings. The van der Waals surface area contributed by atoms with Gasteiger partial charge in [0.05, 0.1) is 12.3 Å². The third kappa shape index (κ3) is 3.49. The predicted octanol–water partition coefficient (Wildman–Crippen LogP) is 2.22. The molecule has 0 aromatic carbocycles. The molecule has 1 aliphatic heterocycles. The number of rotatable bonds is 7. The lowest BCUT2D eigenvalue weighted by Crippen LogP contribution is -2.36. The van der Waals surface area contributed by atoms with E-state index in [9.17, 15) is 0 Å². The third-order valence-corrected chi connectivity index (χ3v) is 4.88. The molecule has 3 heterocycles. The van der Waals surface area contributed by atoms with Crippen molar-refractivity contribution < 1.29 is 4.74 Å². The van der Waals surface area contributed by atoms with Gasteiger partial charge in [-0.25, -0.2) is 4.68 Å². The number of ether oxygens (including phenoxy) is 1. The maximum absolute atomic E-state index is 6.01. The lowest BCUT2D eigenvalue weighted by Gasteiger charge is -2.32. The van der Waals surface area contributed by atoms with Crippen LogP contribution in [0.1, 0.15) is 42.6 Å². The molecule has 6 heteroatoms. The van der Waals surface area contributed by atoms with E-state index in [1.807, 2.05) is 23.1 Å². The minimum Gasteiger partial charge on any atom is -0.380 e. The van der Waals surface area contributed by atoms with Crippen LogP contribution in [-0.4, -0.2) is 44.6 Å². The largest absolute Gasteiger partial charge is 0.380 e. The van der Waals surface area contributed by atoms with Gasteiger partial charge in [-0.3, -0.25) is 9.88 Å². The number of pyridine rings is 1. The predicted molar refractivity (Wildman–Crippen MR) is 90.3 cm³/mol. The van der Waals surface area contributed by atoms with Crippen LogP contribution < -0.4 is 0 Å². The molecular weight excluding hydrogens is 302 g/mol. The van der Waals surface area contributed by atoms with Crippen LogP contribution in [0.3, 0.4) is 0 Å². The minimum atomic E-state index is 0.346. The van der Waals surface area contributed by atoms with Gasteiger partial charge >= 0.3 is 0 Å². The van der Waals surface area contributed by atoms with Crippen LogP contribution in [0.2, 0.25) is 0 Å². The Morgan fingerprint density at radius 1 is 1.29 bits per heavy atom. The Morgan fingerprint density at radius 3 is 2.96 bits per heavy atom. The first-order chi connectivity index (χ1) is 11.8. The molecule has 0 bridgehead atoms. The second-order valence-electron chi connectivity index (χ2n) is 6.95. The second kappa shape index (κ2) is 6.99. The van der Waals surface area contributed by atoms with Crippen LogP contribution in [0.15, 0.2) is 24.5 Å². The molecule has 0 amide bonds. The van der Waals surface area contributed by atoms with Crippen molar-refractivity contribution in [3.05, 3.63) is 41.5 Å². The Morgan fingerprint density at radius 2 is 2.21 bits per heavy atom. The van der Waals surface area contributed by atoms with Crippen molar-refractivity contribution in [1.29, 1.82) is 0 Å². The summed E-state index contributed by atoms with van der Waals surface area (Å²) in [7, 11) is 0.